The number of rotatable bonds is 6. The smallest absolute Gasteiger partial charge is 0.407 e. The summed E-state index contributed by atoms with van der Waals surface area (Å²) in [6.07, 6.45) is 4.27. The highest BCUT2D eigenvalue weighted by Gasteiger charge is 2.63. The molecule has 2 aliphatic heterocycles. The molecule has 1 N–H and O–H groups in total. The van der Waals surface area contributed by atoms with E-state index < -0.39 is 5.60 Å². The number of carbonyl (C=O) groups excluding carboxylic acids is 2. The lowest BCUT2D eigenvalue weighted by atomic mass is 9.78. The first-order chi connectivity index (χ1) is 17.2. The van der Waals surface area contributed by atoms with Crippen molar-refractivity contribution in [1.82, 2.24) is 20.4 Å². The Morgan fingerprint density at radius 2 is 1.97 bits per heavy atom. The highest BCUT2D eigenvalue weighted by atomic mass is 16.7. The van der Waals surface area contributed by atoms with Crippen molar-refractivity contribution in [3.63, 3.8) is 0 Å². The van der Waals surface area contributed by atoms with Crippen molar-refractivity contribution in [2.45, 2.75) is 89.1 Å². The van der Waals surface area contributed by atoms with Crippen LogP contribution in [-0.4, -0.2) is 51.5 Å². The van der Waals surface area contributed by atoms with Crippen LogP contribution in [0.15, 0.2) is 40.9 Å². The van der Waals surface area contributed by atoms with Gasteiger partial charge in [0.2, 0.25) is 0 Å². The first-order valence-electron chi connectivity index (χ1n) is 12.9. The molecule has 9 nitrogen and oxygen atoms in total. The van der Waals surface area contributed by atoms with Gasteiger partial charge in [-0.3, -0.25) is 4.84 Å². The highest BCUT2D eigenvalue weighted by Crippen LogP contribution is 2.62. The predicted molar refractivity (Wildman–Crippen MR) is 130 cm³/mol. The SMILES string of the molecule is CC(C)(C)OC(=O)NC1CC(c2cc([C@@H]3CC4(CC4)[C@@H]4CN3C(=O)N4OCc3ccccc3)no2)C1. The van der Waals surface area contributed by atoms with Crippen molar-refractivity contribution in [2.24, 2.45) is 5.41 Å². The van der Waals surface area contributed by atoms with Crippen LogP contribution in [-0.2, 0) is 16.2 Å². The number of aromatic nitrogens is 1. The number of nitrogens with zero attached hydrogens (tertiary/aromatic N) is 3. The highest BCUT2D eigenvalue weighted by molar-refractivity contribution is 5.77. The second kappa shape index (κ2) is 8.50. The van der Waals surface area contributed by atoms with Crippen molar-refractivity contribution in [1.29, 1.82) is 0 Å². The largest absolute Gasteiger partial charge is 0.444 e. The average molecular weight is 495 g/mol. The predicted octanol–water partition coefficient (Wildman–Crippen LogP) is 4.91. The van der Waals surface area contributed by atoms with Gasteiger partial charge in [0.25, 0.3) is 0 Å². The van der Waals surface area contributed by atoms with E-state index in [2.05, 4.69) is 10.5 Å². The molecular weight excluding hydrogens is 460 g/mol. The number of alkyl carbamates (subject to hydrolysis) is 1. The molecule has 9 heteroatoms. The molecular formula is C27H34N4O5. The Morgan fingerprint density at radius 1 is 1.22 bits per heavy atom. The van der Waals surface area contributed by atoms with Gasteiger partial charge in [-0.15, -0.1) is 0 Å². The van der Waals surface area contributed by atoms with E-state index in [0.717, 1.165) is 49.1 Å². The molecule has 1 spiro atoms. The first-order valence-corrected chi connectivity index (χ1v) is 12.9. The van der Waals surface area contributed by atoms with E-state index in [1.165, 1.54) is 0 Å². The molecule has 192 valence electrons. The second-order valence-corrected chi connectivity index (χ2v) is 11.8. The molecule has 2 bridgehead atoms. The Kier molecular flexibility index (Phi) is 5.51. The number of urea groups is 1. The summed E-state index contributed by atoms with van der Waals surface area (Å²) in [5.41, 5.74) is 1.45. The normalized spacial score (nSPS) is 28.2. The van der Waals surface area contributed by atoms with Gasteiger partial charge in [0.1, 0.15) is 23.7 Å². The van der Waals surface area contributed by atoms with E-state index >= 15 is 0 Å². The van der Waals surface area contributed by atoms with Crippen molar-refractivity contribution < 1.29 is 23.7 Å². The van der Waals surface area contributed by atoms with E-state index in [0.29, 0.717) is 13.2 Å². The van der Waals surface area contributed by atoms with Gasteiger partial charge in [-0.1, -0.05) is 35.5 Å². The third-order valence-corrected chi connectivity index (χ3v) is 8.02. The summed E-state index contributed by atoms with van der Waals surface area (Å²) in [5, 5.41) is 8.95. The van der Waals surface area contributed by atoms with E-state index in [4.69, 9.17) is 14.1 Å². The monoisotopic (exact) mass is 494 g/mol. The van der Waals surface area contributed by atoms with E-state index in [1.54, 1.807) is 5.06 Å². The van der Waals surface area contributed by atoms with Crippen molar-refractivity contribution in [3.8, 4) is 0 Å². The molecule has 3 heterocycles. The number of carbonyl (C=O) groups is 2. The lowest BCUT2D eigenvalue weighted by Crippen LogP contribution is -2.45. The molecule has 2 saturated heterocycles. The van der Waals surface area contributed by atoms with E-state index in [1.807, 2.05) is 62.1 Å². The molecule has 0 unspecified atom stereocenters. The molecule has 4 aliphatic rings. The molecule has 0 radical (unpaired) electrons. The summed E-state index contributed by atoms with van der Waals surface area (Å²) >= 11 is 0. The number of ether oxygens (including phenoxy) is 1. The topological polar surface area (TPSA) is 97.1 Å². The summed E-state index contributed by atoms with van der Waals surface area (Å²) < 4.78 is 11.1. The number of fused-ring (bicyclic) bond motifs is 3. The molecule has 2 atom stereocenters. The van der Waals surface area contributed by atoms with Gasteiger partial charge in [-0.25, -0.2) is 9.59 Å². The minimum Gasteiger partial charge on any atom is -0.444 e. The zero-order chi connectivity index (χ0) is 25.1. The third-order valence-electron chi connectivity index (χ3n) is 8.02. The maximum absolute atomic E-state index is 13.4. The molecule has 1 aromatic heterocycles. The van der Waals surface area contributed by atoms with Crippen LogP contribution in [0.5, 0.6) is 0 Å². The Bertz CT molecular complexity index is 1130. The fraction of sp³-hybridized carbons (Fsp3) is 0.593. The zero-order valence-corrected chi connectivity index (χ0v) is 21.1. The Morgan fingerprint density at radius 3 is 2.67 bits per heavy atom. The number of benzene rings is 1. The van der Waals surface area contributed by atoms with Crippen molar-refractivity contribution >= 4 is 12.1 Å². The van der Waals surface area contributed by atoms with Crippen LogP contribution in [0, 0.1) is 5.41 Å². The quantitative estimate of drug-likeness (QED) is 0.613. The molecule has 36 heavy (non-hydrogen) atoms. The average Bonchev–Trinajstić information content (AvgIpc) is 3.28. The molecule has 2 aromatic rings. The minimum absolute atomic E-state index is 0.0686. The van der Waals surface area contributed by atoms with E-state index in [-0.39, 0.29) is 41.6 Å². The van der Waals surface area contributed by atoms with Crippen molar-refractivity contribution in [2.75, 3.05) is 6.54 Å². The van der Waals surface area contributed by atoms with Gasteiger partial charge >= 0.3 is 12.1 Å². The van der Waals surface area contributed by atoms with Crippen LogP contribution in [0.3, 0.4) is 0 Å². The summed E-state index contributed by atoms with van der Waals surface area (Å²) in [7, 11) is 0. The number of hydrogen-bond donors (Lipinski definition) is 1. The van der Waals surface area contributed by atoms with Gasteiger partial charge in [0.15, 0.2) is 0 Å². The van der Waals surface area contributed by atoms with Crippen LogP contribution < -0.4 is 5.32 Å². The molecule has 2 saturated carbocycles. The summed E-state index contributed by atoms with van der Waals surface area (Å²) in [5.74, 6) is 1.03. The maximum atomic E-state index is 13.4. The molecule has 6 rings (SSSR count). The van der Waals surface area contributed by atoms with Gasteiger partial charge in [0.05, 0.1) is 12.1 Å². The summed E-state index contributed by atoms with van der Waals surface area (Å²) in [4.78, 5) is 33.4. The van der Waals surface area contributed by atoms with Gasteiger partial charge in [0, 0.05) is 24.6 Å². The second-order valence-electron chi connectivity index (χ2n) is 11.8. The molecule has 4 fully saturated rings. The zero-order valence-electron chi connectivity index (χ0n) is 21.1. The number of hydroxylamine groups is 2. The number of hydrogen-bond acceptors (Lipinski definition) is 6. The Hall–Kier alpha value is -3.07. The maximum Gasteiger partial charge on any atom is 0.407 e. The van der Waals surface area contributed by atoms with Crippen LogP contribution in [0.1, 0.15) is 81.9 Å². The summed E-state index contributed by atoms with van der Waals surface area (Å²) in [6, 6.07) is 11.9. The van der Waals surface area contributed by atoms with Gasteiger partial charge < -0.3 is 19.5 Å². The fourth-order valence-corrected chi connectivity index (χ4v) is 5.85. The van der Waals surface area contributed by atoms with Gasteiger partial charge in [-0.05, 0) is 63.9 Å². The first kappa shape index (κ1) is 23.3. The number of amides is 3. The molecule has 2 aliphatic carbocycles. The third kappa shape index (κ3) is 4.34. The Labute approximate surface area is 211 Å². The standard InChI is InChI=1S/C27H34N4O5/c1-26(2,3)35-24(32)28-19-11-18(12-19)22-13-20(29-36-22)21-14-27(9-10-27)23-15-30(21)25(33)31(23)34-16-17-7-5-4-6-8-17/h4-8,13,18-19,21,23H,9-12,14-16H2,1-3H3,(H,28,32)/t18?,19?,21-,23-/m0/s1. The fourth-order valence-electron chi connectivity index (χ4n) is 5.85. The van der Waals surface area contributed by atoms with Gasteiger partial charge in [-0.2, -0.15) is 5.06 Å². The van der Waals surface area contributed by atoms with Crippen LogP contribution in [0.25, 0.3) is 0 Å². The van der Waals surface area contributed by atoms with Crippen LogP contribution in [0.4, 0.5) is 9.59 Å². The van der Waals surface area contributed by atoms with Crippen LogP contribution in [0.2, 0.25) is 0 Å². The van der Waals surface area contributed by atoms with Crippen LogP contribution >= 0.6 is 0 Å². The number of nitrogens with one attached hydrogen (secondary N) is 1. The lowest BCUT2D eigenvalue weighted by molar-refractivity contribution is -0.153. The molecule has 3 amide bonds. The summed E-state index contributed by atoms with van der Waals surface area (Å²) in [6.45, 7) is 6.60. The van der Waals surface area contributed by atoms with E-state index in [9.17, 15) is 9.59 Å². The lowest BCUT2D eigenvalue weighted by Gasteiger charge is -2.36. The Balaban J connectivity index is 1.09. The number of piperidine rings is 1. The minimum atomic E-state index is -0.514. The molecule has 1 aromatic carbocycles. The van der Waals surface area contributed by atoms with Crippen molar-refractivity contribution in [3.05, 3.63) is 53.4 Å².